The van der Waals surface area contributed by atoms with Gasteiger partial charge in [-0.2, -0.15) is 0 Å². The van der Waals surface area contributed by atoms with Crippen molar-refractivity contribution in [3.05, 3.63) is 35.3 Å². The molecule has 0 fully saturated rings. The summed E-state index contributed by atoms with van der Waals surface area (Å²) >= 11 is 0. The highest BCUT2D eigenvalue weighted by Crippen LogP contribution is 2.12. The largest absolute Gasteiger partial charge is 0.296 e. The van der Waals surface area contributed by atoms with E-state index in [-0.39, 0.29) is 0 Å². The zero-order chi connectivity index (χ0) is 9.42. The van der Waals surface area contributed by atoms with Gasteiger partial charge in [-0.1, -0.05) is 6.07 Å². The van der Waals surface area contributed by atoms with E-state index in [9.17, 15) is 4.79 Å². The van der Waals surface area contributed by atoms with Gasteiger partial charge in [-0.15, -0.1) is 0 Å². The van der Waals surface area contributed by atoms with E-state index in [0.29, 0.717) is 5.69 Å². The molecule has 0 bridgehead atoms. The van der Waals surface area contributed by atoms with E-state index in [1.807, 2.05) is 30.4 Å². The monoisotopic (exact) mass is 174 g/mol. The molecule has 0 radical (unpaired) electrons. The van der Waals surface area contributed by atoms with E-state index < -0.39 is 0 Å². The van der Waals surface area contributed by atoms with Crippen LogP contribution in [0.4, 0.5) is 0 Å². The third-order valence-electron chi connectivity index (χ3n) is 2.26. The molecule has 0 amide bonds. The van der Waals surface area contributed by atoms with E-state index in [1.54, 1.807) is 6.07 Å². The summed E-state index contributed by atoms with van der Waals surface area (Å²) in [5.74, 6) is 0. The van der Waals surface area contributed by atoms with E-state index in [0.717, 1.165) is 23.3 Å². The van der Waals surface area contributed by atoms with Gasteiger partial charge in [0.1, 0.15) is 5.65 Å². The van der Waals surface area contributed by atoms with Crippen LogP contribution in [0.2, 0.25) is 0 Å². The molecule has 0 aliphatic carbocycles. The Balaban J connectivity index is 2.94. The van der Waals surface area contributed by atoms with Gasteiger partial charge in [-0.05, 0) is 26.0 Å². The summed E-state index contributed by atoms with van der Waals surface area (Å²) in [5, 5.41) is 0. The lowest BCUT2D eigenvalue weighted by Gasteiger charge is -1.99. The molecule has 0 saturated carbocycles. The predicted molar refractivity (Wildman–Crippen MR) is 50.1 cm³/mol. The third-order valence-corrected chi connectivity index (χ3v) is 2.26. The van der Waals surface area contributed by atoms with Crippen LogP contribution in [-0.2, 0) is 0 Å². The Morgan fingerprint density at radius 3 is 2.85 bits per heavy atom. The first-order chi connectivity index (χ1) is 6.24. The molecule has 2 heterocycles. The zero-order valence-corrected chi connectivity index (χ0v) is 7.61. The minimum atomic E-state index is 0.649. The average molecular weight is 174 g/mol. The molecule has 66 valence electrons. The van der Waals surface area contributed by atoms with Crippen molar-refractivity contribution in [2.75, 3.05) is 0 Å². The first-order valence-electron chi connectivity index (χ1n) is 4.14. The maximum atomic E-state index is 10.7. The first-order valence-corrected chi connectivity index (χ1v) is 4.14. The van der Waals surface area contributed by atoms with Crippen LogP contribution >= 0.6 is 0 Å². The molecule has 0 unspecified atom stereocenters. The number of hydrogen-bond acceptors (Lipinski definition) is 2. The van der Waals surface area contributed by atoms with Crippen molar-refractivity contribution in [3.8, 4) is 0 Å². The number of aromatic nitrogens is 2. The van der Waals surface area contributed by atoms with Crippen LogP contribution in [-0.4, -0.2) is 15.7 Å². The highest BCUT2D eigenvalue weighted by atomic mass is 16.1. The summed E-state index contributed by atoms with van der Waals surface area (Å²) in [5.41, 5.74) is 3.47. The lowest BCUT2D eigenvalue weighted by Crippen LogP contribution is -1.96. The van der Waals surface area contributed by atoms with Crippen molar-refractivity contribution >= 4 is 11.9 Å². The fourth-order valence-corrected chi connectivity index (χ4v) is 1.47. The van der Waals surface area contributed by atoms with Crippen molar-refractivity contribution in [1.82, 2.24) is 9.38 Å². The van der Waals surface area contributed by atoms with Crippen molar-refractivity contribution in [2.24, 2.45) is 0 Å². The Labute approximate surface area is 76.0 Å². The molecule has 0 spiro atoms. The summed E-state index contributed by atoms with van der Waals surface area (Å²) in [4.78, 5) is 15.1. The van der Waals surface area contributed by atoms with Crippen molar-refractivity contribution in [3.63, 3.8) is 0 Å². The Morgan fingerprint density at radius 1 is 1.38 bits per heavy atom. The van der Waals surface area contributed by atoms with Gasteiger partial charge in [-0.3, -0.25) is 9.20 Å². The Kier molecular flexibility index (Phi) is 1.65. The molecule has 0 N–H and O–H groups in total. The lowest BCUT2D eigenvalue weighted by atomic mass is 10.3. The summed E-state index contributed by atoms with van der Waals surface area (Å²) in [7, 11) is 0. The van der Waals surface area contributed by atoms with Gasteiger partial charge in [0.2, 0.25) is 0 Å². The molecule has 13 heavy (non-hydrogen) atoms. The molecular formula is C10H10N2O. The van der Waals surface area contributed by atoms with Gasteiger partial charge in [0, 0.05) is 5.69 Å². The first kappa shape index (κ1) is 7.98. The van der Waals surface area contributed by atoms with E-state index >= 15 is 0 Å². The molecule has 3 nitrogen and oxygen atoms in total. The minimum absolute atomic E-state index is 0.649. The normalized spacial score (nSPS) is 10.6. The van der Waals surface area contributed by atoms with Gasteiger partial charge in [0.25, 0.3) is 0 Å². The molecule has 0 aliphatic heterocycles. The standard InChI is InChI=1S/C10H10N2O/c1-7-8(2)12-9(6-13)4-3-5-10(12)11-7/h3-6H,1-2H3. The average Bonchev–Trinajstić information content (AvgIpc) is 2.43. The Bertz CT molecular complexity index is 471. The summed E-state index contributed by atoms with van der Waals surface area (Å²) in [6.45, 7) is 3.90. The molecule has 2 rings (SSSR count). The van der Waals surface area contributed by atoms with Gasteiger partial charge >= 0.3 is 0 Å². The minimum Gasteiger partial charge on any atom is -0.296 e. The fourth-order valence-electron chi connectivity index (χ4n) is 1.47. The number of imidazole rings is 1. The Morgan fingerprint density at radius 2 is 2.15 bits per heavy atom. The van der Waals surface area contributed by atoms with Crippen LogP contribution in [0, 0.1) is 13.8 Å². The molecule has 0 atom stereocenters. The smallest absolute Gasteiger partial charge is 0.166 e. The lowest BCUT2D eigenvalue weighted by molar-refractivity contribution is 0.111. The van der Waals surface area contributed by atoms with Crippen LogP contribution in [0.15, 0.2) is 18.2 Å². The van der Waals surface area contributed by atoms with E-state index in [4.69, 9.17) is 0 Å². The van der Waals surface area contributed by atoms with E-state index in [1.165, 1.54) is 0 Å². The maximum absolute atomic E-state index is 10.7. The molecule has 0 aromatic carbocycles. The second kappa shape index (κ2) is 2.69. The SMILES string of the molecule is Cc1nc2cccc(C=O)n2c1C. The second-order valence-electron chi connectivity index (χ2n) is 3.04. The zero-order valence-electron chi connectivity index (χ0n) is 7.61. The number of fused-ring (bicyclic) bond motifs is 1. The fraction of sp³-hybridized carbons (Fsp3) is 0.200. The van der Waals surface area contributed by atoms with Gasteiger partial charge in [0.05, 0.1) is 11.4 Å². The number of pyridine rings is 1. The van der Waals surface area contributed by atoms with Gasteiger partial charge < -0.3 is 0 Å². The number of aldehydes is 1. The number of carbonyl (C=O) groups is 1. The van der Waals surface area contributed by atoms with Crippen LogP contribution in [0.3, 0.4) is 0 Å². The highest BCUT2D eigenvalue weighted by molar-refractivity contribution is 5.74. The van der Waals surface area contributed by atoms with Crippen molar-refractivity contribution in [2.45, 2.75) is 13.8 Å². The molecule has 2 aromatic rings. The van der Waals surface area contributed by atoms with Crippen LogP contribution in [0.5, 0.6) is 0 Å². The molecule has 0 aliphatic rings. The van der Waals surface area contributed by atoms with Gasteiger partial charge in [0.15, 0.2) is 6.29 Å². The summed E-state index contributed by atoms with van der Waals surface area (Å²) < 4.78 is 1.86. The van der Waals surface area contributed by atoms with Gasteiger partial charge in [-0.25, -0.2) is 4.98 Å². The van der Waals surface area contributed by atoms with Crippen molar-refractivity contribution in [1.29, 1.82) is 0 Å². The number of nitrogens with zero attached hydrogens (tertiary/aromatic N) is 2. The van der Waals surface area contributed by atoms with Crippen molar-refractivity contribution < 1.29 is 4.79 Å². The summed E-state index contributed by atoms with van der Waals surface area (Å²) in [6, 6.07) is 5.52. The number of aryl methyl sites for hydroxylation is 2. The van der Waals surface area contributed by atoms with E-state index in [2.05, 4.69) is 4.98 Å². The predicted octanol–water partition coefficient (Wildman–Crippen LogP) is 1.76. The maximum Gasteiger partial charge on any atom is 0.166 e. The van der Waals surface area contributed by atoms with Crippen LogP contribution < -0.4 is 0 Å². The number of hydrogen-bond donors (Lipinski definition) is 0. The Hall–Kier alpha value is -1.64. The third kappa shape index (κ3) is 1.04. The molecule has 3 heteroatoms. The molecule has 0 saturated heterocycles. The number of carbonyl (C=O) groups excluding carboxylic acids is 1. The second-order valence-corrected chi connectivity index (χ2v) is 3.04. The quantitative estimate of drug-likeness (QED) is 0.617. The number of rotatable bonds is 1. The topological polar surface area (TPSA) is 34.4 Å². The molecular weight excluding hydrogens is 164 g/mol. The summed E-state index contributed by atoms with van der Waals surface area (Å²) in [6.07, 6.45) is 0.848. The van der Waals surface area contributed by atoms with Crippen LogP contribution in [0.25, 0.3) is 5.65 Å². The van der Waals surface area contributed by atoms with Crippen LogP contribution in [0.1, 0.15) is 21.9 Å². The highest BCUT2D eigenvalue weighted by Gasteiger charge is 2.06. The molecule has 2 aromatic heterocycles.